The second kappa shape index (κ2) is 5.65. The van der Waals surface area contributed by atoms with Crippen molar-refractivity contribution in [2.24, 2.45) is 5.41 Å². The number of rotatable bonds is 2. The molecule has 4 nitrogen and oxygen atoms in total. The van der Waals surface area contributed by atoms with Gasteiger partial charge in [0.25, 0.3) is 5.91 Å². The molecule has 0 atom stereocenters. The number of nitrogens with zero attached hydrogens (tertiary/aromatic N) is 1. The van der Waals surface area contributed by atoms with Gasteiger partial charge in [-0.1, -0.05) is 19.9 Å². The quantitative estimate of drug-likeness (QED) is 0.901. The minimum Gasteiger partial charge on any atom is -0.339 e. The molecule has 1 heterocycles. The van der Waals surface area contributed by atoms with Crippen molar-refractivity contribution < 1.29 is 9.59 Å². The Morgan fingerprint density at radius 3 is 2.45 bits per heavy atom. The van der Waals surface area contributed by atoms with Crippen molar-refractivity contribution >= 4 is 17.5 Å². The molecule has 4 heteroatoms. The van der Waals surface area contributed by atoms with E-state index in [4.69, 9.17) is 0 Å². The van der Waals surface area contributed by atoms with Gasteiger partial charge in [-0.25, -0.2) is 0 Å². The Bertz CT molecular complexity index is 513. The first kappa shape index (κ1) is 14.6. The topological polar surface area (TPSA) is 49.4 Å². The maximum absolute atomic E-state index is 12.5. The van der Waals surface area contributed by atoms with Gasteiger partial charge in [0.2, 0.25) is 5.91 Å². The Balaban J connectivity index is 2.08. The molecule has 0 bridgehead atoms. The van der Waals surface area contributed by atoms with Gasteiger partial charge in [0.05, 0.1) is 0 Å². The first-order chi connectivity index (χ1) is 9.37. The van der Waals surface area contributed by atoms with Crippen LogP contribution in [-0.4, -0.2) is 29.8 Å². The summed E-state index contributed by atoms with van der Waals surface area (Å²) < 4.78 is 0. The van der Waals surface area contributed by atoms with E-state index in [1.165, 1.54) is 6.92 Å². The van der Waals surface area contributed by atoms with E-state index >= 15 is 0 Å². The van der Waals surface area contributed by atoms with Crippen LogP contribution in [0.15, 0.2) is 24.3 Å². The summed E-state index contributed by atoms with van der Waals surface area (Å²) in [7, 11) is 0. The van der Waals surface area contributed by atoms with Gasteiger partial charge in [0.15, 0.2) is 0 Å². The van der Waals surface area contributed by atoms with E-state index in [1.54, 1.807) is 24.3 Å². The highest BCUT2D eigenvalue weighted by atomic mass is 16.2. The predicted molar refractivity (Wildman–Crippen MR) is 79.7 cm³/mol. The van der Waals surface area contributed by atoms with Crippen molar-refractivity contribution in [3.8, 4) is 0 Å². The smallest absolute Gasteiger partial charge is 0.253 e. The van der Waals surface area contributed by atoms with E-state index in [0.717, 1.165) is 25.9 Å². The standard InChI is InChI=1S/C16H22N2O2/c1-12(19)17-14-6-4-5-13(11-14)15(20)18-9-7-16(2,3)8-10-18/h4-6,11H,7-10H2,1-3H3,(H,17,19). The second-order valence-electron chi connectivity index (χ2n) is 6.22. The van der Waals surface area contributed by atoms with Gasteiger partial charge in [0, 0.05) is 31.3 Å². The summed E-state index contributed by atoms with van der Waals surface area (Å²) in [5.74, 6) is -0.0815. The van der Waals surface area contributed by atoms with Gasteiger partial charge >= 0.3 is 0 Å². The van der Waals surface area contributed by atoms with Crippen molar-refractivity contribution in [2.45, 2.75) is 33.6 Å². The molecule has 2 amide bonds. The Morgan fingerprint density at radius 1 is 1.20 bits per heavy atom. The lowest BCUT2D eigenvalue weighted by Gasteiger charge is -2.37. The molecule has 2 rings (SSSR count). The third-order valence-corrected chi connectivity index (χ3v) is 3.83. The van der Waals surface area contributed by atoms with E-state index in [9.17, 15) is 9.59 Å². The zero-order valence-electron chi connectivity index (χ0n) is 12.4. The van der Waals surface area contributed by atoms with Crippen LogP contribution < -0.4 is 5.32 Å². The number of hydrogen-bond acceptors (Lipinski definition) is 2. The fourth-order valence-electron chi connectivity index (χ4n) is 2.43. The summed E-state index contributed by atoms with van der Waals surface area (Å²) >= 11 is 0. The van der Waals surface area contributed by atoms with E-state index in [-0.39, 0.29) is 11.8 Å². The molecule has 108 valence electrons. The zero-order valence-corrected chi connectivity index (χ0v) is 12.4. The summed E-state index contributed by atoms with van der Waals surface area (Å²) in [5, 5.41) is 2.71. The van der Waals surface area contributed by atoms with Crippen LogP contribution in [0.2, 0.25) is 0 Å². The summed E-state index contributed by atoms with van der Waals surface area (Å²) in [4.78, 5) is 25.4. The Kier molecular flexibility index (Phi) is 4.12. The van der Waals surface area contributed by atoms with E-state index in [1.807, 2.05) is 4.90 Å². The number of carbonyl (C=O) groups excluding carboxylic acids is 2. The molecular weight excluding hydrogens is 252 g/mol. The van der Waals surface area contributed by atoms with Gasteiger partial charge in [-0.2, -0.15) is 0 Å². The van der Waals surface area contributed by atoms with Crippen LogP contribution in [0.1, 0.15) is 44.0 Å². The molecule has 0 aromatic heterocycles. The minimum atomic E-state index is -0.130. The summed E-state index contributed by atoms with van der Waals surface area (Å²) in [6.07, 6.45) is 2.06. The molecule has 20 heavy (non-hydrogen) atoms. The third-order valence-electron chi connectivity index (χ3n) is 3.83. The van der Waals surface area contributed by atoms with Crippen molar-refractivity contribution in [3.63, 3.8) is 0 Å². The van der Waals surface area contributed by atoms with E-state index in [2.05, 4.69) is 19.2 Å². The summed E-state index contributed by atoms with van der Waals surface area (Å²) in [6.45, 7) is 7.55. The summed E-state index contributed by atoms with van der Waals surface area (Å²) in [6, 6.07) is 7.13. The molecule has 0 saturated carbocycles. The summed E-state index contributed by atoms with van der Waals surface area (Å²) in [5.41, 5.74) is 1.63. The first-order valence-corrected chi connectivity index (χ1v) is 7.04. The predicted octanol–water partition coefficient (Wildman–Crippen LogP) is 2.91. The lowest BCUT2D eigenvalue weighted by atomic mass is 9.82. The van der Waals surface area contributed by atoms with Crippen LogP contribution in [0.3, 0.4) is 0 Å². The monoisotopic (exact) mass is 274 g/mol. The zero-order chi connectivity index (χ0) is 14.8. The number of piperidine rings is 1. The lowest BCUT2D eigenvalue weighted by Crippen LogP contribution is -2.41. The Labute approximate surface area is 120 Å². The van der Waals surface area contributed by atoms with Gasteiger partial charge in [-0.15, -0.1) is 0 Å². The molecule has 1 aliphatic rings. The highest BCUT2D eigenvalue weighted by Crippen LogP contribution is 2.30. The molecule has 1 N–H and O–H groups in total. The maximum atomic E-state index is 12.5. The minimum absolute atomic E-state index is 0.0488. The lowest BCUT2D eigenvalue weighted by molar-refractivity contribution is -0.114. The second-order valence-corrected chi connectivity index (χ2v) is 6.22. The van der Waals surface area contributed by atoms with Crippen molar-refractivity contribution in [2.75, 3.05) is 18.4 Å². The van der Waals surface area contributed by atoms with Crippen molar-refractivity contribution in [3.05, 3.63) is 29.8 Å². The highest BCUT2D eigenvalue weighted by molar-refractivity contribution is 5.96. The molecule has 0 unspecified atom stereocenters. The van der Waals surface area contributed by atoms with Crippen LogP contribution in [0, 0.1) is 5.41 Å². The molecule has 1 aromatic carbocycles. The van der Waals surface area contributed by atoms with Gasteiger partial charge in [-0.05, 0) is 36.5 Å². The fourth-order valence-corrected chi connectivity index (χ4v) is 2.43. The molecule has 0 radical (unpaired) electrons. The average molecular weight is 274 g/mol. The molecule has 1 aromatic rings. The molecule has 1 saturated heterocycles. The van der Waals surface area contributed by atoms with E-state index < -0.39 is 0 Å². The van der Waals surface area contributed by atoms with Gasteiger partial charge in [0.1, 0.15) is 0 Å². The molecule has 0 aliphatic carbocycles. The SMILES string of the molecule is CC(=O)Nc1cccc(C(=O)N2CCC(C)(C)CC2)c1. The molecular formula is C16H22N2O2. The van der Waals surface area contributed by atoms with Gasteiger partial charge in [-0.3, -0.25) is 9.59 Å². The number of benzene rings is 1. The van der Waals surface area contributed by atoms with Crippen LogP contribution >= 0.6 is 0 Å². The normalized spacial score (nSPS) is 17.6. The Hall–Kier alpha value is -1.84. The van der Waals surface area contributed by atoms with Crippen LogP contribution in [0.5, 0.6) is 0 Å². The molecule has 1 fully saturated rings. The molecule has 1 aliphatic heterocycles. The average Bonchev–Trinajstić information content (AvgIpc) is 2.37. The number of amides is 2. The van der Waals surface area contributed by atoms with Crippen LogP contribution in [0.4, 0.5) is 5.69 Å². The number of hydrogen-bond donors (Lipinski definition) is 1. The third kappa shape index (κ3) is 3.59. The maximum Gasteiger partial charge on any atom is 0.253 e. The van der Waals surface area contributed by atoms with Gasteiger partial charge < -0.3 is 10.2 Å². The largest absolute Gasteiger partial charge is 0.339 e. The number of carbonyl (C=O) groups is 2. The fraction of sp³-hybridized carbons (Fsp3) is 0.500. The number of likely N-dealkylation sites (tertiary alicyclic amines) is 1. The highest BCUT2D eigenvalue weighted by Gasteiger charge is 2.28. The molecule has 0 spiro atoms. The van der Waals surface area contributed by atoms with Crippen LogP contribution in [0.25, 0.3) is 0 Å². The Morgan fingerprint density at radius 2 is 1.85 bits per heavy atom. The number of anilines is 1. The first-order valence-electron chi connectivity index (χ1n) is 7.04. The van der Waals surface area contributed by atoms with Crippen LogP contribution in [-0.2, 0) is 4.79 Å². The van der Waals surface area contributed by atoms with Crippen molar-refractivity contribution in [1.29, 1.82) is 0 Å². The van der Waals surface area contributed by atoms with E-state index in [0.29, 0.717) is 16.7 Å². The number of nitrogens with one attached hydrogen (secondary N) is 1. The van der Waals surface area contributed by atoms with Crippen molar-refractivity contribution in [1.82, 2.24) is 4.90 Å².